The van der Waals surface area contributed by atoms with Crippen molar-refractivity contribution in [1.29, 1.82) is 0 Å². The predicted octanol–water partition coefficient (Wildman–Crippen LogP) is 4.26. The third-order valence-electron chi connectivity index (χ3n) is 3.89. The van der Waals surface area contributed by atoms with Crippen LogP contribution < -0.4 is 16.2 Å². The number of hydrogen-bond acceptors (Lipinski definition) is 7. The predicted molar refractivity (Wildman–Crippen MR) is 113 cm³/mol. The number of nitrogens with zero attached hydrogens (tertiary/aromatic N) is 3. The third-order valence-corrected chi connectivity index (χ3v) is 4.42. The van der Waals surface area contributed by atoms with Gasteiger partial charge in [0, 0.05) is 15.7 Å². The lowest BCUT2D eigenvalue weighted by molar-refractivity contribution is -0.383. The van der Waals surface area contributed by atoms with Crippen LogP contribution in [0, 0.1) is 24.0 Å². The fourth-order valence-corrected chi connectivity index (χ4v) is 2.97. The van der Waals surface area contributed by atoms with E-state index < -0.39 is 10.8 Å². The van der Waals surface area contributed by atoms with E-state index in [0.717, 1.165) is 15.6 Å². The number of aryl methyl sites for hydroxylation is 2. The van der Waals surface area contributed by atoms with Crippen LogP contribution in [-0.4, -0.2) is 20.8 Å². The number of rotatable bonds is 6. The maximum atomic E-state index is 12.2. The quantitative estimate of drug-likeness (QED) is 0.373. The molecule has 0 aliphatic heterocycles. The highest BCUT2D eigenvalue weighted by atomic mass is 79.9. The molecule has 10 heteroatoms. The Morgan fingerprint density at radius 3 is 2.28 bits per heavy atom. The van der Waals surface area contributed by atoms with E-state index in [0.29, 0.717) is 11.3 Å². The van der Waals surface area contributed by atoms with Crippen molar-refractivity contribution in [1.82, 2.24) is 15.4 Å². The van der Waals surface area contributed by atoms with Gasteiger partial charge in [0.15, 0.2) is 0 Å². The van der Waals surface area contributed by atoms with E-state index in [4.69, 9.17) is 0 Å². The fraction of sp³-hybridized carbons (Fsp3) is 0.105. The second-order valence-electron chi connectivity index (χ2n) is 6.26. The van der Waals surface area contributed by atoms with Gasteiger partial charge in [0.2, 0.25) is 11.6 Å². The molecule has 0 unspecified atom stereocenters. The van der Waals surface area contributed by atoms with Gasteiger partial charge in [0.25, 0.3) is 5.91 Å². The average Bonchev–Trinajstić information content (AvgIpc) is 2.65. The Morgan fingerprint density at radius 2 is 1.66 bits per heavy atom. The molecule has 0 radical (unpaired) electrons. The van der Waals surface area contributed by atoms with Gasteiger partial charge in [-0.15, -0.1) is 0 Å². The van der Waals surface area contributed by atoms with Crippen molar-refractivity contribution in [3.63, 3.8) is 0 Å². The molecular weight excluding hydrogens is 440 g/mol. The summed E-state index contributed by atoms with van der Waals surface area (Å²) < 4.78 is 0.829. The minimum Gasteiger partial charge on any atom is -0.334 e. The number of amides is 1. The second kappa shape index (κ2) is 8.65. The van der Waals surface area contributed by atoms with Crippen LogP contribution in [0.25, 0.3) is 0 Å². The number of nitro groups is 1. The molecule has 3 aromatic rings. The average molecular weight is 457 g/mol. The number of halogens is 1. The van der Waals surface area contributed by atoms with Crippen molar-refractivity contribution in [2.75, 3.05) is 10.7 Å². The smallest absolute Gasteiger partial charge is 0.334 e. The second-order valence-corrected chi connectivity index (χ2v) is 7.18. The van der Waals surface area contributed by atoms with Crippen molar-refractivity contribution in [2.45, 2.75) is 13.8 Å². The van der Waals surface area contributed by atoms with Crippen molar-refractivity contribution in [2.24, 2.45) is 0 Å². The summed E-state index contributed by atoms with van der Waals surface area (Å²) in [6.07, 6.45) is 1.17. The number of carbonyl (C=O) groups is 1. The van der Waals surface area contributed by atoms with E-state index in [2.05, 4.69) is 42.1 Å². The number of nitrogens with one attached hydrogen (secondary N) is 3. The molecule has 29 heavy (non-hydrogen) atoms. The number of aromatic nitrogens is 2. The largest absolute Gasteiger partial charge is 0.355 e. The summed E-state index contributed by atoms with van der Waals surface area (Å²) in [6, 6.07) is 12.3. The number of hydrazine groups is 1. The van der Waals surface area contributed by atoms with Crippen LogP contribution in [0.15, 0.2) is 53.3 Å². The minimum atomic E-state index is -0.612. The molecule has 3 N–H and O–H groups in total. The van der Waals surface area contributed by atoms with Gasteiger partial charge in [-0.25, -0.2) is 9.97 Å². The van der Waals surface area contributed by atoms with Crippen LogP contribution in [0.3, 0.4) is 0 Å². The highest BCUT2D eigenvalue weighted by molar-refractivity contribution is 9.10. The Bertz CT molecular complexity index is 1050. The Hall–Kier alpha value is -3.53. The molecule has 0 fully saturated rings. The summed E-state index contributed by atoms with van der Waals surface area (Å²) in [5.41, 5.74) is 7.59. The molecule has 1 aromatic heterocycles. The van der Waals surface area contributed by atoms with E-state index in [1.54, 1.807) is 24.3 Å². The Balaban J connectivity index is 1.83. The first kappa shape index (κ1) is 20.2. The zero-order valence-electron chi connectivity index (χ0n) is 15.6. The van der Waals surface area contributed by atoms with Crippen LogP contribution >= 0.6 is 15.9 Å². The molecule has 1 amide bonds. The maximum absolute atomic E-state index is 12.2. The monoisotopic (exact) mass is 456 g/mol. The molecule has 0 spiro atoms. The first-order chi connectivity index (χ1) is 13.8. The van der Waals surface area contributed by atoms with Crippen LogP contribution in [-0.2, 0) is 0 Å². The van der Waals surface area contributed by atoms with Gasteiger partial charge in [0.1, 0.15) is 6.33 Å². The van der Waals surface area contributed by atoms with E-state index in [1.807, 2.05) is 32.0 Å². The lowest BCUT2D eigenvalue weighted by atomic mass is 10.1. The highest BCUT2D eigenvalue weighted by Crippen LogP contribution is 2.31. The SMILES string of the molecule is Cc1cc(C)cc(Nc2ncnc(NNC(=O)c3ccc(Br)cc3)c2[N+](=O)[O-])c1. The van der Waals surface area contributed by atoms with Gasteiger partial charge >= 0.3 is 5.69 Å². The molecule has 0 aliphatic rings. The number of hydrogen-bond donors (Lipinski definition) is 3. The Kier molecular flexibility index (Phi) is 6.03. The lowest BCUT2D eigenvalue weighted by Gasteiger charge is -2.12. The van der Waals surface area contributed by atoms with Crippen molar-refractivity contribution >= 4 is 44.8 Å². The molecule has 0 atom stereocenters. The van der Waals surface area contributed by atoms with Crippen LogP contribution in [0.1, 0.15) is 21.5 Å². The Morgan fingerprint density at radius 1 is 1.03 bits per heavy atom. The summed E-state index contributed by atoms with van der Waals surface area (Å²) in [6.45, 7) is 3.86. The van der Waals surface area contributed by atoms with Crippen LogP contribution in [0.2, 0.25) is 0 Å². The summed E-state index contributed by atoms with van der Waals surface area (Å²) in [5, 5.41) is 14.6. The van der Waals surface area contributed by atoms with Crippen molar-refractivity contribution < 1.29 is 9.72 Å². The molecule has 148 valence electrons. The minimum absolute atomic E-state index is 0.00962. The summed E-state index contributed by atoms with van der Waals surface area (Å²) in [7, 11) is 0. The standard InChI is InChI=1S/C19H17BrN6O3/c1-11-7-12(2)9-15(8-11)23-17-16(26(28)29)18(22-10-21-17)24-25-19(27)13-3-5-14(20)6-4-13/h3-10H,1-2H3,(H,25,27)(H2,21,22,23,24). The summed E-state index contributed by atoms with van der Waals surface area (Å²) in [5.74, 6) is -0.591. The van der Waals surface area contributed by atoms with Gasteiger partial charge in [0.05, 0.1) is 4.92 Å². The van der Waals surface area contributed by atoms with Gasteiger partial charge in [-0.3, -0.25) is 25.8 Å². The maximum Gasteiger partial charge on any atom is 0.355 e. The van der Waals surface area contributed by atoms with Gasteiger partial charge in [-0.1, -0.05) is 22.0 Å². The fourth-order valence-electron chi connectivity index (χ4n) is 2.71. The molecule has 0 saturated carbocycles. The molecule has 0 saturated heterocycles. The molecular formula is C19H17BrN6O3. The molecule has 1 heterocycles. The van der Waals surface area contributed by atoms with Crippen LogP contribution in [0.5, 0.6) is 0 Å². The number of anilines is 3. The first-order valence-electron chi connectivity index (χ1n) is 8.50. The van der Waals surface area contributed by atoms with Crippen LogP contribution in [0.4, 0.5) is 23.0 Å². The number of carbonyl (C=O) groups excluding carboxylic acids is 1. The molecule has 0 aliphatic carbocycles. The summed E-state index contributed by atoms with van der Waals surface area (Å²) >= 11 is 3.29. The molecule has 2 aromatic carbocycles. The normalized spacial score (nSPS) is 10.3. The molecule has 3 rings (SSSR count). The van der Waals surface area contributed by atoms with E-state index in [1.165, 1.54) is 6.33 Å². The zero-order chi connectivity index (χ0) is 21.0. The van der Waals surface area contributed by atoms with E-state index in [-0.39, 0.29) is 17.3 Å². The van der Waals surface area contributed by atoms with E-state index >= 15 is 0 Å². The van der Waals surface area contributed by atoms with Gasteiger partial charge in [-0.05, 0) is 61.4 Å². The molecule has 9 nitrogen and oxygen atoms in total. The van der Waals surface area contributed by atoms with E-state index in [9.17, 15) is 14.9 Å². The number of benzene rings is 2. The zero-order valence-corrected chi connectivity index (χ0v) is 17.1. The third kappa shape index (κ3) is 5.05. The van der Waals surface area contributed by atoms with Gasteiger partial charge < -0.3 is 5.32 Å². The van der Waals surface area contributed by atoms with Crippen molar-refractivity contribution in [3.05, 3.63) is 80.1 Å². The summed E-state index contributed by atoms with van der Waals surface area (Å²) in [4.78, 5) is 31.2. The highest BCUT2D eigenvalue weighted by Gasteiger charge is 2.24. The molecule has 0 bridgehead atoms. The van der Waals surface area contributed by atoms with Crippen molar-refractivity contribution in [3.8, 4) is 0 Å². The Labute approximate surface area is 174 Å². The first-order valence-corrected chi connectivity index (χ1v) is 9.29. The lowest BCUT2D eigenvalue weighted by Crippen LogP contribution is -2.30. The topological polar surface area (TPSA) is 122 Å². The van der Waals surface area contributed by atoms with Gasteiger partial charge in [-0.2, -0.15) is 0 Å².